The molecule has 10 nitrogen and oxygen atoms in total. The van der Waals surface area contributed by atoms with Gasteiger partial charge in [-0.05, 0) is 22.8 Å². The molecule has 0 spiro atoms. The molecule has 3 rings (SSSR count). The Balaban J connectivity index is 2.08. The van der Waals surface area contributed by atoms with Gasteiger partial charge in [-0.15, -0.1) is 0 Å². The molecule has 1 saturated heterocycles. The average molecular weight is 295 g/mol. The van der Waals surface area contributed by atoms with Gasteiger partial charge in [-0.25, -0.2) is 13.9 Å². The largest absolute Gasteiger partial charge is 0.384 e. The zero-order chi connectivity index (χ0) is 15.2. The van der Waals surface area contributed by atoms with Crippen molar-refractivity contribution < 1.29 is 19.3 Å². The number of fused-ring (bicyclic) bond motifs is 1. The Bertz CT molecular complexity index is 745. The zero-order valence-electron chi connectivity index (χ0n) is 10.4. The van der Waals surface area contributed by atoms with Gasteiger partial charge >= 0.3 is 0 Å². The van der Waals surface area contributed by atoms with Crippen LogP contribution in [0.4, 0.5) is 10.2 Å². The normalized spacial score (nSPS) is 32.2. The Hall–Kier alpha value is -2.46. The summed E-state index contributed by atoms with van der Waals surface area (Å²) in [7, 11) is 0. The van der Waals surface area contributed by atoms with Crippen molar-refractivity contribution in [3.05, 3.63) is 34.6 Å². The van der Waals surface area contributed by atoms with Gasteiger partial charge in [-0.1, -0.05) is 0 Å². The van der Waals surface area contributed by atoms with Crippen molar-refractivity contribution in [2.45, 2.75) is 24.3 Å². The van der Waals surface area contributed by atoms with E-state index >= 15 is 0 Å². The number of aliphatic hydroxyl groups excluding tert-OH is 1. The molecule has 4 N–H and O–H groups in total. The molecule has 11 heteroatoms. The molecule has 0 radical (unpaired) electrons. The lowest BCUT2D eigenvalue weighted by molar-refractivity contribution is -0.223. The van der Waals surface area contributed by atoms with Crippen molar-refractivity contribution in [1.29, 1.82) is 0 Å². The minimum atomic E-state index is -2.68. The Kier molecular flexibility index (Phi) is 2.92. The van der Waals surface area contributed by atoms with E-state index < -0.39 is 24.3 Å². The number of hydrogen-bond donors (Lipinski definition) is 3. The van der Waals surface area contributed by atoms with Crippen LogP contribution in [-0.4, -0.2) is 43.0 Å². The van der Waals surface area contributed by atoms with Crippen LogP contribution in [0.1, 0.15) is 11.8 Å². The van der Waals surface area contributed by atoms with Gasteiger partial charge in [0, 0.05) is 4.91 Å². The molecule has 1 fully saturated rings. The summed E-state index contributed by atoms with van der Waals surface area (Å²) in [5.74, 6) is -2.50. The lowest BCUT2D eigenvalue weighted by Crippen LogP contribution is -2.39. The van der Waals surface area contributed by atoms with Crippen LogP contribution in [0.5, 0.6) is 0 Å². The third-order valence-corrected chi connectivity index (χ3v) is 3.27. The third kappa shape index (κ3) is 1.87. The molecule has 21 heavy (non-hydrogen) atoms. The number of nitrogens with zero attached hydrogens (tertiary/aromatic N) is 6. The summed E-state index contributed by atoms with van der Waals surface area (Å²) >= 11 is 0. The second kappa shape index (κ2) is 4.53. The number of hydrogen-bond acceptors (Lipinski definition) is 7. The van der Waals surface area contributed by atoms with Crippen molar-refractivity contribution in [2.75, 3.05) is 5.73 Å². The van der Waals surface area contributed by atoms with E-state index in [4.69, 9.17) is 16.0 Å². The summed E-state index contributed by atoms with van der Waals surface area (Å²) in [6.07, 6.45) is -4.26. The van der Waals surface area contributed by atoms with Crippen molar-refractivity contribution in [2.24, 2.45) is 5.11 Å². The van der Waals surface area contributed by atoms with Gasteiger partial charge in [-0.3, -0.25) is 0 Å². The second-order valence-electron chi connectivity index (χ2n) is 4.48. The highest BCUT2D eigenvalue weighted by atomic mass is 19.1. The molecule has 0 amide bonds. The minimum absolute atomic E-state index is 0.176. The smallest absolute Gasteiger partial charge is 0.277 e. The molecule has 0 saturated carbocycles. The van der Waals surface area contributed by atoms with E-state index in [1.807, 2.05) is 0 Å². The van der Waals surface area contributed by atoms with E-state index in [2.05, 4.69) is 20.1 Å². The topological polar surface area (TPSA) is 155 Å². The van der Waals surface area contributed by atoms with Crippen molar-refractivity contribution in [1.82, 2.24) is 14.6 Å². The van der Waals surface area contributed by atoms with E-state index in [0.717, 1.165) is 0 Å². The van der Waals surface area contributed by atoms with E-state index in [0.29, 0.717) is 5.52 Å². The fraction of sp³-hybridized carbons (Fsp3) is 0.400. The molecule has 0 unspecified atom stereocenters. The van der Waals surface area contributed by atoms with Crippen LogP contribution in [-0.2, 0) is 4.74 Å². The fourth-order valence-electron chi connectivity index (χ4n) is 2.25. The molecular weight excluding hydrogens is 285 g/mol. The SMILES string of the molecule is [N-]=[N+]=N[C@]1(O)O[C@@H](c2ccc3c(N)ncnn23)[C@H](F)[C@@H]1O. The number of ether oxygens (including phenoxy) is 1. The number of anilines is 1. The van der Waals surface area contributed by atoms with Crippen LogP contribution in [0.25, 0.3) is 16.0 Å². The van der Waals surface area contributed by atoms with Crippen LogP contribution in [0.15, 0.2) is 23.6 Å². The number of aliphatic hydroxyl groups is 2. The summed E-state index contributed by atoms with van der Waals surface area (Å²) in [5.41, 5.74) is 14.6. The molecule has 110 valence electrons. The number of nitrogen functional groups attached to an aromatic ring is 1. The zero-order valence-corrected chi connectivity index (χ0v) is 10.4. The van der Waals surface area contributed by atoms with Crippen LogP contribution in [0.3, 0.4) is 0 Å². The number of alkyl halides is 1. The van der Waals surface area contributed by atoms with E-state index in [-0.39, 0.29) is 11.5 Å². The Labute approximate surface area is 116 Å². The van der Waals surface area contributed by atoms with Gasteiger partial charge in [0.1, 0.15) is 24.1 Å². The first-order valence-corrected chi connectivity index (χ1v) is 5.84. The van der Waals surface area contributed by atoms with Crippen LogP contribution in [0.2, 0.25) is 0 Å². The molecule has 2 aromatic rings. The summed E-state index contributed by atoms with van der Waals surface area (Å²) in [6, 6.07) is 3.00. The quantitative estimate of drug-likeness (QED) is 0.403. The standard InChI is InChI=1S/C10H10FN7O3/c11-6-7(21-10(20,8(6)19)16-17-13)4-1-2-5-9(12)14-3-15-18(4)5/h1-3,6-8,19-20H,(H2,12,14,15)/t6-,7-,8-,10+/m0/s1. The molecule has 0 aromatic carbocycles. The molecule has 1 aliphatic rings. The number of azide groups is 1. The summed E-state index contributed by atoms with van der Waals surface area (Å²) in [4.78, 5) is 6.12. The molecule has 3 heterocycles. The monoisotopic (exact) mass is 295 g/mol. The molecule has 4 atom stereocenters. The minimum Gasteiger partial charge on any atom is -0.384 e. The predicted octanol–water partition coefficient (Wildman–Crippen LogP) is 0.0382. The van der Waals surface area contributed by atoms with E-state index in [9.17, 15) is 14.6 Å². The first kappa shape index (κ1) is 13.5. The Morgan fingerprint density at radius 1 is 1.57 bits per heavy atom. The molecular formula is C10H10FN7O3. The van der Waals surface area contributed by atoms with Crippen molar-refractivity contribution in [3.8, 4) is 0 Å². The highest BCUT2D eigenvalue weighted by Gasteiger charge is 2.55. The Morgan fingerprint density at radius 3 is 3.05 bits per heavy atom. The van der Waals surface area contributed by atoms with Crippen LogP contribution < -0.4 is 5.73 Å². The third-order valence-electron chi connectivity index (χ3n) is 3.27. The van der Waals surface area contributed by atoms with Gasteiger partial charge in [0.25, 0.3) is 5.91 Å². The maximum atomic E-state index is 14.2. The predicted molar refractivity (Wildman–Crippen MR) is 66.2 cm³/mol. The summed E-state index contributed by atoms with van der Waals surface area (Å²) < 4.78 is 20.5. The lowest BCUT2D eigenvalue weighted by Gasteiger charge is -2.18. The van der Waals surface area contributed by atoms with Crippen molar-refractivity contribution >= 4 is 11.3 Å². The average Bonchev–Trinajstić information content (AvgIpc) is 2.96. The van der Waals surface area contributed by atoms with Crippen molar-refractivity contribution in [3.63, 3.8) is 0 Å². The first-order valence-electron chi connectivity index (χ1n) is 5.84. The van der Waals surface area contributed by atoms with Gasteiger partial charge in [0.2, 0.25) is 0 Å². The highest BCUT2D eigenvalue weighted by Crippen LogP contribution is 2.41. The number of rotatable bonds is 2. The first-order chi connectivity index (χ1) is 9.98. The van der Waals surface area contributed by atoms with Crippen LogP contribution in [0, 0.1) is 0 Å². The highest BCUT2D eigenvalue weighted by molar-refractivity contribution is 5.65. The molecule has 2 aromatic heterocycles. The number of aromatic nitrogens is 3. The lowest BCUT2D eigenvalue weighted by atomic mass is 10.1. The number of nitrogens with two attached hydrogens (primary N) is 1. The maximum Gasteiger partial charge on any atom is 0.277 e. The maximum absolute atomic E-state index is 14.2. The summed E-state index contributed by atoms with van der Waals surface area (Å²) in [6.45, 7) is 0. The van der Waals surface area contributed by atoms with Gasteiger partial charge in [0.15, 0.2) is 12.0 Å². The fourth-order valence-corrected chi connectivity index (χ4v) is 2.25. The second-order valence-corrected chi connectivity index (χ2v) is 4.48. The van der Waals surface area contributed by atoms with E-state index in [1.165, 1.54) is 23.0 Å². The molecule has 0 aliphatic carbocycles. The molecule has 1 aliphatic heterocycles. The van der Waals surface area contributed by atoms with E-state index in [1.54, 1.807) is 0 Å². The summed E-state index contributed by atoms with van der Waals surface area (Å²) in [5, 5.41) is 26.3. The Morgan fingerprint density at radius 2 is 2.33 bits per heavy atom. The van der Waals surface area contributed by atoms with Gasteiger partial charge in [0.05, 0.1) is 5.69 Å². The number of halogens is 1. The van der Waals surface area contributed by atoms with Crippen LogP contribution >= 0.6 is 0 Å². The van der Waals surface area contributed by atoms with Gasteiger partial charge in [-0.2, -0.15) is 5.10 Å². The molecule has 0 bridgehead atoms. The van der Waals surface area contributed by atoms with Gasteiger partial charge < -0.3 is 20.7 Å².